The van der Waals surface area contributed by atoms with Crippen molar-refractivity contribution >= 4 is 39.3 Å². The molecule has 0 radical (unpaired) electrons. The lowest BCUT2D eigenvalue weighted by Crippen LogP contribution is -2.18. The van der Waals surface area contributed by atoms with Crippen molar-refractivity contribution in [3.8, 4) is 0 Å². The second-order valence-corrected chi connectivity index (χ2v) is 6.17. The largest absolute Gasteiger partial charge is 0.445 e. The van der Waals surface area contributed by atoms with E-state index >= 15 is 0 Å². The third-order valence-corrected chi connectivity index (χ3v) is 4.39. The number of carbonyl (C=O) groups excluding carboxylic acids is 1. The first-order chi connectivity index (χ1) is 13.2. The van der Waals surface area contributed by atoms with Gasteiger partial charge in [0.25, 0.3) is 0 Å². The van der Waals surface area contributed by atoms with Crippen LogP contribution in [0.3, 0.4) is 0 Å². The van der Waals surface area contributed by atoms with Gasteiger partial charge < -0.3 is 15.4 Å². The van der Waals surface area contributed by atoms with Crippen LogP contribution in [0, 0.1) is 0 Å². The van der Waals surface area contributed by atoms with E-state index in [1.54, 1.807) is 7.05 Å². The maximum atomic E-state index is 11.2. The van der Waals surface area contributed by atoms with Gasteiger partial charge in [0.05, 0.1) is 16.7 Å². The number of pyridine rings is 1. The van der Waals surface area contributed by atoms with Crippen molar-refractivity contribution in [2.45, 2.75) is 6.61 Å². The van der Waals surface area contributed by atoms with E-state index in [9.17, 15) is 4.79 Å². The summed E-state index contributed by atoms with van der Waals surface area (Å²) in [5.41, 5.74) is 4.82. The third-order valence-electron chi connectivity index (χ3n) is 4.39. The van der Waals surface area contributed by atoms with Crippen LogP contribution in [0.5, 0.6) is 0 Å². The molecule has 5 heteroatoms. The molecular weight excluding hydrogens is 338 g/mol. The second-order valence-electron chi connectivity index (χ2n) is 6.17. The Morgan fingerprint density at radius 2 is 1.48 bits per heavy atom. The Labute approximate surface area is 157 Å². The summed E-state index contributed by atoms with van der Waals surface area (Å²) in [5, 5.41) is 8.11. The lowest BCUT2D eigenvalue weighted by molar-refractivity contribution is 0.142. The van der Waals surface area contributed by atoms with Gasteiger partial charge in [0, 0.05) is 23.5 Å². The number of benzene rings is 3. The number of nitrogens with zero attached hydrogens (tertiary/aromatic N) is 1. The number of ether oxygens (including phenoxy) is 1. The Kier molecular flexibility index (Phi) is 4.58. The number of aromatic nitrogens is 1. The van der Waals surface area contributed by atoms with E-state index in [1.807, 2.05) is 60.7 Å². The number of amides is 1. The molecule has 0 spiro atoms. The number of hydrogen-bond acceptors (Lipinski definition) is 4. The molecular formula is C22H19N3O2. The van der Waals surface area contributed by atoms with E-state index in [2.05, 4.69) is 22.8 Å². The maximum absolute atomic E-state index is 11.2. The summed E-state index contributed by atoms with van der Waals surface area (Å²) in [5.74, 6) is 0. The smallest absolute Gasteiger partial charge is 0.407 e. The average molecular weight is 357 g/mol. The highest BCUT2D eigenvalue weighted by molar-refractivity contribution is 6.08. The van der Waals surface area contributed by atoms with Crippen LogP contribution in [0.1, 0.15) is 5.56 Å². The number of alkyl carbamates (subject to hydrolysis) is 1. The van der Waals surface area contributed by atoms with E-state index in [4.69, 9.17) is 9.72 Å². The molecule has 0 atom stereocenters. The molecule has 5 nitrogen and oxygen atoms in total. The summed E-state index contributed by atoms with van der Waals surface area (Å²) in [6, 6.07) is 24.0. The van der Waals surface area contributed by atoms with Crippen molar-refractivity contribution in [3.05, 3.63) is 78.4 Å². The molecule has 0 aliphatic carbocycles. The molecule has 134 valence electrons. The molecule has 0 aliphatic heterocycles. The third kappa shape index (κ3) is 3.53. The maximum Gasteiger partial charge on any atom is 0.407 e. The molecule has 0 fully saturated rings. The van der Waals surface area contributed by atoms with E-state index in [0.29, 0.717) is 0 Å². The van der Waals surface area contributed by atoms with Crippen LogP contribution in [-0.4, -0.2) is 18.1 Å². The Morgan fingerprint density at radius 3 is 2.07 bits per heavy atom. The van der Waals surface area contributed by atoms with E-state index in [-0.39, 0.29) is 6.61 Å². The fraction of sp³-hybridized carbons (Fsp3) is 0.0909. The fourth-order valence-electron chi connectivity index (χ4n) is 3.02. The Balaban J connectivity index is 1.67. The van der Waals surface area contributed by atoms with Gasteiger partial charge in [-0.25, -0.2) is 9.78 Å². The number of fused-ring (bicyclic) bond motifs is 2. The molecule has 4 rings (SSSR count). The monoisotopic (exact) mass is 357 g/mol. The van der Waals surface area contributed by atoms with E-state index in [1.165, 1.54) is 0 Å². The van der Waals surface area contributed by atoms with Crippen LogP contribution in [0.15, 0.2) is 72.8 Å². The van der Waals surface area contributed by atoms with E-state index in [0.717, 1.165) is 38.7 Å². The molecule has 1 heterocycles. The molecule has 2 N–H and O–H groups in total. The average Bonchev–Trinajstić information content (AvgIpc) is 2.72. The zero-order chi connectivity index (χ0) is 18.6. The fourth-order valence-corrected chi connectivity index (χ4v) is 3.02. The molecule has 27 heavy (non-hydrogen) atoms. The van der Waals surface area contributed by atoms with Crippen LogP contribution in [0.2, 0.25) is 0 Å². The van der Waals surface area contributed by atoms with Crippen molar-refractivity contribution in [2.24, 2.45) is 0 Å². The zero-order valence-corrected chi connectivity index (χ0v) is 14.9. The minimum Gasteiger partial charge on any atom is -0.445 e. The van der Waals surface area contributed by atoms with Crippen molar-refractivity contribution in [3.63, 3.8) is 0 Å². The molecule has 1 amide bonds. The van der Waals surface area contributed by atoms with Crippen molar-refractivity contribution in [1.82, 2.24) is 10.3 Å². The van der Waals surface area contributed by atoms with Crippen LogP contribution < -0.4 is 10.6 Å². The number of anilines is 2. The Hall–Kier alpha value is -3.60. The Bertz CT molecular complexity index is 1050. The molecule has 0 bridgehead atoms. The molecule has 3 aromatic carbocycles. The summed E-state index contributed by atoms with van der Waals surface area (Å²) in [6.45, 7) is 0.237. The van der Waals surface area contributed by atoms with Gasteiger partial charge in [0.1, 0.15) is 6.61 Å². The predicted molar refractivity (Wildman–Crippen MR) is 108 cm³/mol. The number of hydrogen-bond donors (Lipinski definition) is 2. The highest BCUT2D eigenvalue weighted by Crippen LogP contribution is 2.32. The van der Waals surface area contributed by atoms with Crippen molar-refractivity contribution < 1.29 is 9.53 Å². The first-order valence-electron chi connectivity index (χ1n) is 8.72. The molecule has 0 saturated carbocycles. The molecule has 0 aliphatic rings. The minimum atomic E-state index is -0.438. The summed E-state index contributed by atoms with van der Waals surface area (Å²) in [4.78, 5) is 15.9. The van der Waals surface area contributed by atoms with Gasteiger partial charge in [0.2, 0.25) is 0 Å². The van der Waals surface area contributed by atoms with Crippen molar-refractivity contribution in [1.29, 1.82) is 0 Å². The summed E-state index contributed by atoms with van der Waals surface area (Å²) < 4.78 is 5.07. The van der Waals surface area contributed by atoms with Gasteiger partial charge in [-0.15, -0.1) is 0 Å². The number of carbonyl (C=O) groups is 1. The normalized spacial score (nSPS) is 10.7. The van der Waals surface area contributed by atoms with Gasteiger partial charge in [0.15, 0.2) is 0 Å². The number of para-hydroxylation sites is 2. The Morgan fingerprint density at radius 1 is 0.889 bits per heavy atom. The second kappa shape index (κ2) is 7.33. The standard InChI is InChI=1S/C22H19N3O2/c1-23-22(26)27-14-15-10-12-16(13-11-15)24-21-17-6-2-4-8-19(17)25-20-9-5-3-7-18(20)21/h2-13H,14H2,1H3,(H,23,26)(H,24,25). The topological polar surface area (TPSA) is 63.2 Å². The molecule has 0 unspecified atom stereocenters. The first kappa shape index (κ1) is 16.8. The summed E-state index contributed by atoms with van der Waals surface area (Å²) in [7, 11) is 1.54. The van der Waals surface area contributed by atoms with Gasteiger partial charge in [-0.2, -0.15) is 0 Å². The van der Waals surface area contributed by atoms with Gasteiger partial charge in [-0.3, -0.25) is 0 Å². The molecule has 4 aromatic rings. The minimum absolute atomic E-state index is 0.237. The summed E-state index contributed by atoms with van der Waals surface area (Å²) >= 11 is 0. The van der Waals surface area contributed by atoms with E-state index < -0.39 is 6.09 Å². The van der Waals surface area contributed by atoms with Crippen LogP contribution in [0.25, 0.3) is 21.8 Å². The highest BCUT2D eigenvalue weighted by Gasteiger charge is 2.09. The van der Waals surface area contributed by atoms with Crippen LogP contribution >= 0.6 is 0 Å². The number of rotatable bonds is 4. The van der Waals surface area contributed by atoms with Gasteiger partial charge >= 0.3 is 6.09 Å². The zero-order valence-electron chi connectivity index (χ0n) is 14.9. The van der Waals surface area contributed by atoms with Crippen LogP contribution in [-0.2, 0) is 11.3 Å². The van der Waals surface area contributed by atoms with Gasteiger partial charge in [-0.1, -0.05) is 48.5 Å². The lowest BCUT2D eigenvalue weighted by Gasteiger charge is -2.13. The van der Waals surface area contributed by atoms with Crippen molar-refractivity contribution in [2.75, 3.05) is 12.4 Å². The lowest BCUT2D eigenvalue weighted by atomic mass is 10.1. The predicted octanol–water partition coefficient (Wildman–Crippen LogP) is 4.99. The first-order valence-corrected chi connectivity index (χ1v) is 8.72. The van der Waals surface area contributed by atoms with Gasteiger partial charge in [-0.05, 0) is 29.8 Å². The molecule has 0 saturated heterocycles. The number of nitrogens with one attached hydrogen (secondary N) is 2. The SMILES string of the molecule is CNC(=O)OCc1ccc(Nc2c3ccccc3nc3ccccc23)cc1. The quantitative estimate of drug-likeness (QED) is 0.505. The highest BCUT2D eigenvalue weighted by atomic mass is 16.5. The summed E-state index contributed by atoms with van der Waals surface area (Å²) in [6.07, 6.45) is -0.438. The van der Waals surface area contributed by atoms with Crippen LogP contribution in [0.4, 0.5) is 16.2 Å². The molecule has 1 aromatic heterocycles.